The van der Waals surface area contributed by atoms with Gasteiger partial charge in [0, 0.05) is 6.42 Å². The van der Waals surface area contributed by atoms with Gasteiger partial charge >= 0.3 is 5.97 Å². The van der Waals surface area contributed by atoms with Crippen molar-refractivity contribution in [3.63, 3.8) is 0 Å². The van der Waals surface area contributed by atoms with Gasteiger partial charge < -0.3 is 4.74 Å². The van der Waals surface area contributed by atoms with Crippen LogP contribution in [0.2, 0.25) is 0 Å². The molecule has 0 aliphatic rings. The van der Waals surface area contributed by atoms with Crippen LogP contribution in [-0.4, -0.2) is 18.9 Å². The number of rotatable bonds is 4. The van der Waals surface area contributed by atoms with Crippen molar-refractivity contribution in [2.75, 3.05) is 7.11 Å². The van der Waals surface area contributed by atoms with Gasteiger partial charge in [-0.3, -0.25) is 4.79 Å². The van der Waals surface area contributed by atoms with Crippen LogP contribution in [0.5, 0.6) is 0 Å². The summed E-state index contributed by atoms with van der Waals surface area (Å²) in [6.45, 7) is 0. The predicted molar refractivity (Wildman–Crippen MR) is 69.3 cm³/mol. The van der Waals surface area contributed by atoms with E-state index in [1.807, 2.05) is 42.5 Å². The maximum absolute atomic E-state index is 11.3. The lowest BCUT2D eigenvalue weighted by Crippen LogP contribution is -2.15. The van der Waals surface area contributed by atoms with Gasteiger partial charge in [0.25, 0.3) is 0 Å². The van der Waals surface area contributed by atoms with Crippen molar-refractivity contribution in [1.82, 2.24) is 0 Å². The van der Waals surface area contributed by atoms with E-state index in [0.717, 1.165) is 10.9 Å². The molecule has 0 saturated heterocycles. The number of hydrogen-bond acceptors (Lipinski definition) is 3. The van der Waals surface area contributed by atoms with Crippen LogP contribution in [0.3, 0.4) is 0 Å². The second-order valence-electron chi connectivity index (χ2n) is 4.10. The Balaban J connectivity index is 2.08. The van der Waals surface area contributed by atoms with Gasteiger partial charge in [0.2, 0.25) is 5.78 Å². The molecule has 0 radical (unpaired) electrons. The molecule has 0 aliphatic heterocycles. The molecule has 3 heteroatoms. The first-order chi connectivity index (χ1) is 8.70. The number of aryl methyl sites for hydroxylation is 1. The number of carbonyl (C=O) groups excluding carboxylic acids is 2. The molecule has 0 N–H and O–H groups in total. The maximum Gasteiger partial charge on any atom is 0.374 e. The van der Waals surface area contributed by atoms with Crippen LogP contribution in [0.1, 0.15) is 12.0 Å². The molecule has 3 nitrogen and oxygen atoms in total. The molecule has 0 amide bonds. The first kappa shape index (κ1) is 12.3. The van der Waals surface area contributed by atoms with Crippen molar-refractivity contribution in [1.29, 1.82) is 0 Å². The molecule has 0 saturated carbocycles. The van der Waals surface area contributed by atoms with Crippen molar-refractivity contribution in [2.45, 2.75) is 12.8 Å². The van der Waals surface area contributed by atoms with Gasteiger partial charge in [-0.1, -0.05) is 42.5 Å². The highest BCUT2D eigenvalue weighted by Crippen LogP contribution is 2.16. The fraction of sp³-hybridized carbons (Fsp3) is 0.200. The van der Waals surface area contributed by atoms with E-state index in [0.29, 0.717) is 6.42 Å². The van der Waals surface area contributed by atoms with Crippen molar-refractivity contribution in [2.24, 2.45) is 0 Å². The number of ether oxygens (including phenoxy) is 1. The first-order valence-corrected chi connectivity index (χ1v) is 5.79. The Morgan fingerprint density at radius 2 is 1.78 bits per heavy atom. The van der Waals surface area contributed by atoms with Crippen LogP contribution in [0.15, 0.2) is 42.5 Å². The van der Waals surface area contributed by atoms with E-state index >= 15 is 0 Å². The number of Topliss-reactive ketones (excluding diaryl/α,β-unsaturated/α-hetero) is 1. The summed E-state index contributed by atoms with van der Waals surface area (Å²) in [5, 5.41) is 2.31. The Morgan fingerprint density at radius 1 is 1.06 bits per heavy atom. The zero-order valence-electron chi connectivity index (χ0n) is 10.2. The lowest BCUT2D eigenvalue weighted by atomic mass is 10.0. The Hall–Kier alpha value is -2.16. The van der Waals surface area contributed by atoms with Crippen molar-refractivity contribution in [3.8, 4) is 0 Å². The van der Waals surface area contributed by atoms with Gasteiger partial charge in [-0.05, 0) is 22.8 Å². The Labute approximate surface area is 105 Å². The second kappa shape index (κ2) is 5.45. The SMILES string of the molecule is COC(=O)C(=O)CCc1ccc2ccccc2c1. The average Bonchev–Trinajstić information content (AvgIpc) is 2.43. The Kier molecular flexibility index (Phi) is 3.72. The standard InChI is InChI=1S/C15H14O3/c1-18-15(17)14(16)9-7-11-6-8-12-4-2-3-5-13(12)10-11/h2-6,8,10H,7,9H2,1H3. The monoisotopic (exact) mass is 242 g/mol. The molecular weight excluding hydrogens is 228 g/mol. The summed E-state index contributed by atoms with van der Waals surface area (Å²) >= 11 is 0. The van der Waals surface area contributed by atoms with Crippen LogP contribution in [0.25, 0.3) is 10.8 Å². The van der Waals surface area contributed by atoms with Crippen LogP contribution < -0.4 is 0 Å². The van der Waals surface area contributed by atoms with Gasteiger partial charge in [-0.2, -0.15) is 0 Å². The summed E-state index contributed by atoms with van der Waals surface area (Å²) in [7, 11) is 1.22. The highest BCUT2D eigenvalue weighted by atomic mass is 16.5. The number of ketones is 1. The molecule has 92 valence electrons. The summed E-state index contributed by atoms with van der Waals surface area (Å²) in [5.74, 6) is -1.25. The number of carbonyl (C=O) groups is 2. The van der Waals surface area contributed by atoms with Crippen LogP contribution in [0.4, 0.5) is 0 Å². The number of fused-ring (bicyclic) bond motifs is 1. The van der Waals surface area contributed by atoms with Gasteiger partial charge in [-0.15, -0.1) is 0 Å². The molecule has 0 aromatic heterocycles. The third-order valence-electron chi connectivity index (χ3n) is 2.87. The van der Waals surface area contributed by atoms with Crippen molar-refractivity contribution >= 4 is 22.5 Å². The zero-order chi connectivity index (χ0) is 13.0. The lowest BCUT2D eigenvalue weighted by molar-refractivity contribution is -0.151. The second-order valence-corrected chi connectivity index (χ2v) is 4.10. The molecule has 0 unspecified atom stereocenters. The summed E-state index contributed by atoms with van der Waals surface area (Å²) < 4.78 is 4.38. The average molecular weight is 242 g/mol. The van der Waals surface area contributed by atoms with Gasteiger partial charge in [0.15, 0.2) is 0 Å². The number of esters is 1. The Morgan fingerprint density at radius 3 is 2.50 bits per heavy atom. The first-order valence-electron chi connectivity index (χ1n) is 5.79. The minimum absolute atomic E-state index is 0.186. The summed E-state index contributed by atoms with van der Waals surface area (Å²) in [6, 6.07) is 14.1. The fourth-order valence-corrected chi connectivity index (χ4v) is 1.87. The number of hydrogen-bond donors (Lipinski definition) is 0. The molecule has 0 aliphatic carbocycles. The number of methoxy groups -OCH3 is 1. The molecule has 0 bridgehead atoms. The van der Waals surface area contributed by atoms with E-state index in [4.69, 9.17) is 0 Å². The molecule has 2 aromatic carbocycles. The highest BCUT2D eigenvalue weighted by molar-refractivity contribution is 6.33. The molecule has 0 fully saturated rings. The fourth-order valence-electron chi connectivity index (χ4n) is 1.87. The molecule has 2 rings (SSSR count). The van der Waals surface area contributed by atoms with E-state index < -0.39 is 11.8 Å². The third-order valence-corrected chi connectivity index (χ3v) is 2.87. The number of benzene rings is 2. The summed E-state index contributed by atoms with van der Waals surface area (Å²) in [6.07, 6.45) is 0.740. The van der Waals surface area contributed by atoms with Gasteiger partial charge in [0.1, 0.15) is 0 Å². The molecular formula is C15H14O3. The van der Waals surface area contributed by atoms with E-state index in [2.05, 4.69) is 4.74 Å². The smallest absolute Gasteiger partial charge is 0.374 e. The minimum Gasteiger partial charge on any atom is -0.463 e. The van der Waals surface area contributed by atoms with Crippen LogP contribution in [0, 0.1) is 0 Å². The maximum atomic E-state index is 11.3. The molecule has 0 atom stereocenters. The minimum atomic E-state index is -0.768. The molecule has 2 aromatic rings. The third kappa shape index (κ3) is 2.74. The largest absolute Gasteiger partial charge is 0.463 e. The topological polar surface area (TPSA) is 43.4 Å². The Bertz CT molecular complexity index is 587. The van der Waals surface area contributed by atoms with E-state index in [-0.39, 0.29) is 6.42 Å². The van der Waals surface area contributed by atoms with Crippen molar-refractivity contribution < 1.29 is 14.3 Å². The van der Waals surface area contributed by atoms with Gasteiger partial charge in [-0.25, -0.2) is 4.79 Å². The normalized spacial score (nSPS) is 10.3. The summed E-state index contributed by atoms with van der Waals surface area (Å²) in [4.78, 5) is 22.3. The van der Waals surface area contributed by atoms with E-state index in [1.165, 1.54) is 12.5 Å². The summed E-state index contributed by atoms with van der Waals surface area (Å²) in [5.41, 5.74) is 1.05. The predicted octanol–water partition coefficient (Wildman–Crippen LogP) is 2.51. The lowest BCUT2D eigenvalue weighted by Gasteiger charge is -2.03. The highest BCUT2D eigenvalue weighted by Gasteiger charge is 2.13. The molecule has 0 heterocycles. The molecule has 0 spiro atoms. The van der Waals surface area contributed by atoms with E-state index in [1.54, 1.807) is 0 Å². The van der Waals surface area contributed by atoms with Crippen molar-refractivity contribution in [3.05, 3.63) is 48.0 Å². The molecule has 18 heavy (non-hydrogen) atoms. The van der Waals surface area contributed by atoms with Crippen LogP contribution >= 0.6 is 0 Å². The quantitative estimate of drug-likeness (QED) is 0.611. The zero-order valence-corrected chi connectivity index (χ0v) is 10.2. The van der Waals surface area contributed by atoms with Gasteiger partial charge in [0.05, 0.1) is 7.11 Å². The van der Waals surface area contributed by atoms with Crippen LogP contribution in [-0.2, 0) is 20.7 Å². The van der Waals surface area contributed by atoms with E-state index in [9.17, 15) is 9.59 Å².